The highest BCUT2D eigenvalue weighted by molar-refractivity contribution is 5.80. The van der Waals surface area contributed by atoms with Gasteiger partial charge in [0.15, 0.2) is 0 Å². The SMILES string of the molecule is CC(/C=C/C(=O)O)=C\[C@@H](CO)CCO. The summed E-state index contributed by atoms with van der Waals surface area (Å²) in [5.41, 5.74) is 0.764. The zero-order chi connectivity index (χ0) is 11.0. The maximum Gasteiger partial charge on any atom is 0.328 e. The Morgan fingerprint density at radius 2 is 2.00 bits per heavy atom. The normalized spacial score (nSPS) is 14.6. The van der Waals surface area contributed by atoms with Gasteiger partial charge in [0, 0.05) is 25.2 Å². The molecule has 4 nitrogen and oxygen atoms in total. The van der Waals surface area contributed by atoms with E-state index < -0.39 is 5.97 Å². The van der Waals surface area contributed by atoms with Crippen LogP contribution in [0.1, 0.15) is 13.3 Å². The molecule has 0 bridgehead atoms. The smallest absolute Gasteiger partial charge is 0.328 e. The van der Waals surface area contributed by atoms with E-state index in [4.69, 9.17) is 15.3 Å². The van der Waals surface area contributed by atoms with Crippen molar-refractivity contribution in [1.82, 2.24) is 0 Å². The fraction of sp³-hybridized carbons (Fsp3) is 0.500. The van der Waals surface area contributed by atoms with E-state index in [0.29, 0.717) is 6.42 Å². The third kappa shape index (κ3) is 6.39. The second kappa shape index (κ2) is 7.29. The molecule has 80 valence electrons. The third-order valence-electron chi connectivity index (χ3n) is 1.72. The van der Waals surface area contributed by atoms with Crippen molar-refractivity contribution in [1.29, 1.82) is 0 Å². The molecule has 0 heterocycles. The molecule has 0 aliphatic rings. The van der Waals surface area contributed by atoms with Crippen LogP contribution in [0.25, 0.3) is 0 Å². The summed E-state index contributed by atoms with van der Waals surface area (Å²) in [5.74, 6) is -1.11. The first-order chi connectivity index (χ1) is 6.60. The van der Waals surface area contributed by atoms with Crippen LogP contribution in [0.5, 0.6) is 0 Å². The first kappa shape index (κ1) is 12.9. The first-order valence-electron chi connectivity index (χ1n) is 4.41. The molecule has 0 saturated heterocycles. The number of carbonyl (C=O) groups is 1. The van der Waals surface area contributed by atoms with Gasteiger partial charge in [0.05, 0.1) is 0 Å². The number of aliphatic carboxylic acids is 1. The van der Waals surface area contributed by atoms with Crippen molar-refractivity contribution in [3.05, 3.63) is 23.8 Å². The lowest BCUT2D eigenvalue weighted by Gasteiger charge is -2.07. The van der Waals surface area contributed by atoms with Crippen LogP contribution in [-0.2, 0) is 4.79 Å². The first-order valence-corrected chi connectivity index (χ1v) is 4.41. The number of rotatable bonds is 6. The maximum atomic E-state index is 10.2. The lowest BCUT2D eigenvalue weighted by atomic mass is 10.0. The fourth-order valence-electron chi connectivity index (χ4n) is 1.02. The Hall–Kier alpha value is -1.13. The molecular weight excluding hydrogens is 184 g/mol. The van der Waals surface area contributed by atoms with Crippen molar-refractivity contribution in [3.8, 4) is 0 Å². The molecule has 1 atom stereocenters. The van der Waals surface area contributed by atoms with Crippen molar-refractivity contribution in [2.45, 2.75) is 13.3 Å². The maximum absolute atomic E-state index is 10.2. The Balaban J connectivity index is 4.24. The highest BCUT2D eigenvalue weighted by Crippen LogP contribution is 2.08. The molecule has 0 saturated carbocycles. The molecule has 0 radical (unpaired) electrons. The molecule has 0 spiro atoms. The van der Waals surface area contributed by atoms with Crippen LogP contribution in [0.2, 0.25) is 0 Å². The summed E-state index contributed by atoms with van der Waals surface area (Å²) in [4.78, 5) is 10.2. The second-order valence-corrected chi connectivity index (χ2v) is 3.04. The van der Waals surface area contributed by atoms with Crippen LogP contribution in [0.15, 0.2) is 23.8 Å². The lowest BCUT2D eigenvalue weighted by Crippen LogP contribution is -2.05. The Labute approximate surface area is 83.2 Å². The van der Waals surface area contributed by atoms with Gasteiger partial charge in [0.1, 0.15) is 0 Å². The Morgan fingerprint density at radius 1 is 1.36 bits per heavy atom. The van der Waals surface area contributed by atoms with Crippen LogP contribution in [0.3, 0.4) is 0 Å². The number of allylic oxidation sites excluding steroid dienone is 2. The van der Waals surface area contributed by atoms with Crippen LogP contribution in [0, 0.1) is 5.92 Å². The molecule has 3 N–H and O–H groups in total. The average Bonchev–Trinajstić information content (AvgIpc) is 2.14. The standard InChI is InChI=1S/C10H16O4/c1-8(2-3-10(13)14)6-9(7-12)4-5-11/h2-3,6,9,11-12H,4-5,7H2,1H3,(H,13,14)/b3-2+,8-6+/t9-/m0/s1. The van der Waals surface area contributed by atoms with Crippen LogP contribution < -0.4 is 0 Å². The van der Waals surface area contributed by atoms with E-state index in [1.165, 1.54) is 6.08 Å². The summed E-state index contributed by atoms with van der Waals surface area (Å²) >= 11 is 0. The minimum atomic E-state index is -1.000. The molecule has 14 heavy (non-hydrogen) atoms. The Bertz CT molecular complexity index is 230. The zero-order valence-electron chi connectivity index (χ0n) is 8.18. The summed E-state index contributed by atoms with van der Waals surface area (Å²) in [5, 5.41) is 25.9. The minimum absolute atomic E-state index is 0.0116. The third-order valence-corrected chi connectivity index (χ3v) is 1.72. The molecule has 4 heteroatoms. The fourth-order valence-corrected chi connectivity index (χ4v) is 1.02. The molecule has 0 aromatic heterocycles. The predicted molar refractivity (Wildman–Crippen MR) is 52.8 cm³/mol. The van der Waals surface area contributed by atoms with Gasteiger partial charge in [0.25, 0.3) is 0 Å². The highest BCUT2D eigenvalue weighted by Gasteiger charge is 2.02. The van der Waals surface area contributed by atoms with E-state index >= 15 is 0 Å². The predicted octanol–water partition coefficient (Wildman–Crippen LogP) is 0.564. The van der Waals surface area contributed by atoms with E-state index in [9.17, 15) is 4.79 Å². The molecule has 0 aromatic rings. The molecule has 0 unspecified atom stereocenters. The molecule has 0 aromatic carbocycles. The van der Waals surface area contributed by atoms with Crippen molar-refractivity contribution in [2.75, 3.05) is 13.2 Å². The highest BCUT2D eigenvalue weighted by atomic mass is 16.4. The molecule has 0 amide bonds. The number of aliphatic hydroxyl groups is 2. The number of carboxylic acid groups (broad SMARTS) is 1. The summed E-state index contributed by atoms with van der Waals surface area (Å²) in [7, 11) is 0. The summed E-state index contributed by atoms with van der Waals surface area (Å²) in [6, 6.07) is 0. The van der Waals surface area contributed by atoms with Gasteiger partial charge in [-0.05, 0) is 13.3 Å². The van der Waals surface area contributed by atoms with Gasteiger partial charge in [-0.2, -0.15) is 0 Å². The molecule has 0 fully saturated rings. The van der Waals surface area contributed by atoms with E-state index in [0.717, 1.165) is 11.6 Å². The average molecular weight is 200 g/mol. The largest absolute Gasteiger partial charge is 0.478 e. The lowest BCUT2D eigenvalue weighted by molar-refractivity contribution is -0.131. The van der Waals surface area contributed by atoms with Gasteiger partial charge < -0.3 is 15.3 Å². The van der Waals surface area contributed by atoms with Gasteiger partial charge in [-0.1, -0.05) is 17.7 Å². The van der Waals surface area contributed by atoms with E-state index in [-0.39, 0.29) is 19.1 Å². The monoisotopic (exact) mass is 200 g/mol. The van der Waals surface area contributed by atoms with E-state index in [1.807, 2.05) is 0 Å². The van der Waals surface area contributed by atoms with E-state index in [1.54, 1.807) is 13.0 Å². The van der Waals surface area contributed by atoms with Crippen molar-refractivity contribution in [3.63, 3.8) is 0 Å². The number of aliphatic hydroxyl groups excluding tert-OH is 2. The van der Waals surface area contributed by atoms with Gasteiger partial charge in [0.2, 0.25) is 0 Å². The van der Waals surface area contributed by atoms with Crippen LogP contribution >= 0.6 is 0 Å². The van der Waals surface area contributed by atoms with Gasteiger partial charge in [-0.25, -0.2) is 4.79 Å². The van der Waals surface area contributed by atoms with Crippen molar-refractivity contribution in [2.24, 2.45) is 5.92 Å². The van der Waals surface area contributed by atoms with Crippen LogP contribution in [0.4, 0.5) is 0 Å². The summed E-state index contributed by atoms with van der Waals surface area (Å²) in [6.45, 7) is 1.72. The topological polar surface area (TPSA) is 77.8 Å². The summed E-state index contributed by atoms with van der Waals surface area (Å²) < 4.78 is 0. The zero-order valence-corrected chi connectivity index (χ0v) is 8.18. The van der Waals surface area contributed by atoms with Gasteiger partial charge >= 0.3 is 5.97 Å². The summed E-state index contributed by atoms with van der Waals surface area (Å²) in [6.07, 6.45) is 4.73. The van der Waals surface area contributed by atoms with Gasteiger partial charge in [-0.3, -0.25) is 0 Å². The number of carboxylic acids is 1. The van der Waals surface area contributed by atoms with Crippen molar-refractivity contribution < 1.29 is 20.1 Å². The van der Waals surface area contributed by atoms with E-state index in [2.05, 4.69) is 0 Å². The van der Waals surface area contributed by atoms with Crippen molar-refractivity contribution >= 4 is 5.97 Å². The molecule has 0 aliphatic heterocycles. The second-order valence-electron chi connectivity index (χ2n) is 3.04. The quantitative estimate of drug-likeness (QED) is 0.432. The Morgan fingerprint density at radius 3 is 2.43 bits per heavy atom. The minimum Gasteiger partial charge on any atom is -0.478 e. The number of hydrogen-bond acceptors (Lipinski definition) is 3. The van der Waals surface area contributed by atoms with Crippen LogP contribution in [-0.4, -0.2) is 34.5 Å². The molecule has 0 rings (SSSR count). The van der Waals surface area contributed by atoms with Gasteiger partial charge in [-0.15, -0.1) is 0 Å². The number of hydrogen-bond donors (Lipinski definition) is 3. The molecular formula is C10H16O4. The Kier molecular flexibility index (Phi) is 6.70. The molecule has 0 aliphatic carbocycles.